The van der Waals surface area contributed by atoms with Crippen molar-refractivity contribution < 1.29 is 4.79 Å². The number of unbranched alkanes of at least 4 members (excludes halogenated alkanes) is 6. The van der Waals surface area contributed by atoms with Gasteiger partial charge in [0, 0.05) is 13.0 Å². The first-order valence-electron chi connectivity index (χ1n) is 8.56. The Balaban J connectivity index is 3.49. The standard InChI is InChI=1S/C17H34ClNO/c1-4-7-8-9-10-11-12-13-17(20)19-14-16(18)15(5-2)6-3/h15-16H,4-14H2,1-3H3,(H,19,20). The Kier molecular flexibility index (Phi) is 13.6. The molecule has 0 aliphatic carbocycles. The van der Waals surface area contributed by atoms with Crippen LogP contribution >= 0.6 is 11.6 Å². The van der Waals surface area contributed by atoms with Gasteiger partial charge < -0.3 is 5.32 Å². The molecule has 0 rings (SSSR count). The van der Waals surface area contributed by atoms with E-state index in [-0.39, 0.29) is 11.3 Å². The van der Waals surface area contributed by atoms with Crippen molar-refractivity contribution in [2.24, 2.45) is 5.92 Å². The number of halogens is 1. The molecule has 3 heteroatoms. The highest BCUT2D eigenvalue weighted by atomic mass is 35.5. The van der Waals surface area contributed by atoms with Gasteiger partial charge in [-0.1, -0.05) is 72.1 Å². The fourth-order valence-corrected chi connectivity index (χ4v) is 2.94. The van der Waals surface area contributed by atoms with Crippen LogP contribution in [0.4, 0.5) is 0 Å². The maximum absolute atomic E-state index is 11.7. The number of rotatable bonds is 13. The van der Waals surface area contributed by atoms with Crippen LogP contribution in [0.2, 0.25) is 0 Å². The quantitative estimate of drug-likeness (QED) is 0.364. The van der Waals surface area contributed by atoms with Gasteiger partial charge >= 0.3 is 0 Å². The highest BCUT2D eigenvalue weighted by Crippen LogP contribution is 2.17. The Morgan fingerprint density at radius 3 is 2.05 bits per heavy atom. The average molecular weight is 304 g/mol. The van der Waals surface area contributed by atoms with Crippen molar-refractivity contribution in [1.82, 2.24) is 5.32 Å². The minimum absolute atomic E-state index is 0.0722. The largest absolute Gasteiger partial charge is 0.355 e. The highest BCUT2D eigenvalue weighted by molar-refractivity contribution is 6.21. The Labute approximate surface area is 131 Å². The van der Waals surface area contributed by atoms with E-state index >= 15 is 0 Å². The molecule has 120 valence electrons. The number of hydrogen-bond donors (Lipinski definition) is 1. The van der Waals surface area contributed by atoms with Crippen LogP contribution in [0.5, 0.6) is 0 Å². The first kappa shape index (κ1) is 19.8. The first-order valence-corrected chi connectivity index (χ1v) is 9.00. The van der Waals surface area contributed by atoms with E-state index in [1.54, 1.807) is 0 Å². The van der Waals surface area contributed by atoms with Crippen LogP contribution in [0.3, 0.4) is 0 Å². The van der Waals surface area contributed by atoms with Crippen LogP contribution in [0.1, 0.15) is 85.0 Å². The van der Waals surface area contributed by atoms with Crippen molar-refractivity contribution >= 4 is 17.5 Å². The van der Waals surface area contributed by atoms with Gasteiger partial charge in [0.15, 0.2) is 0 Å². The summed E-state index contributed by atoms with van der Waals surface area (Å²) in [6.07, 6.45) is 11.5. The number of hydrogen-bond acceptors (Lipinski definition) is 1. The van der Waals surface area contributed by atoms with E-state index in [1.807, 2.05) is 0 Å². The molecule has 0 radical (unpaired) electrons. The molecule has 0 fully saturated rings. The Morgan fingerprint density at radius 2 is 1.50 bits per heavy atom. The van der Waals surface area contributed by atoms with Gasteiger partial charge in [0.1, 0.15) is 0 Å². The smallest absolute Gasteiger partial charge is 0.220 e. The summed E-state index contributed by atoms with van der Waals surface area (Å²) in [6, 6.07) is 0. The second kappa shape index (κ2) is 13.7. The predicted molar refractivity (Wildman–Crippen MR) is 89.3 cm³/mol. The van der Waals surface area contributed by atoms with Gasteiger partial charge in [-0.25, -0.2) is 0 Å². The minimum Gasteiger partial charge on any atom is -0.355 e. The van der Waals surface area contributed by atoms with E-state index in [0.29, 0.717) is 18.9 Å². The summed E-state index contributed by atoms with van der Waals surface area (Å²) < 4.78 is 0. The van der Waals surface area contributed by atoms with Gasteiger partial charge in [-0.15, -0.1) is 11.6 Å². The van der Waals surface area contributed by atoms with Gasteiger partial charge in [0.05, 0.1) is 5.38 Å². The van der Waals surface area contributed by atoms with Crippen molar-refractivity contribution in [1.29, 1.82) is 0 Å². The molecule has 0 aliphatic heterocycles. The lowest BCUT2D eigenvalue weighted by Crippen LogP contribution is -2.33. The average Bonchev–Trinajstić information content (AvgIpc) is 2.45. The van der Waals surface area contributed by atoms with Gasteiger partial charge in [0.2, 0.25) is 5.91 Å². The Bertz CT molecular complexity index is 229. The van der Waals surface area contributed by atoms with Crippen molar-refractivity contribution in [2.45, 2.75) is 90.4 Å². The number of nitrogens with one attached hydrogen (secondary N) is 1. The zero-order chi connectivity index (χ0) is 15.2. The maximum Gasteiger partial charge on any atom is 0.220 e. The van der Waals surface area contributed by atoms with E-state index in [9.17, 15) is 4.79 Å². The third-order valence-corrected chi connectivity index (χ3v) is 4.57. The predicted octanol–water partition coefficient (Wildman–Crippen LogP) is 5.29. The Hall–Kier alpha value is -0.240. The molecule has 20 heavy (non-hydrogen) atoms. The SMILES string of the molecule is CCCCCCCCCC(=O)NCC(Cl)C(CC)CC. The zero-order valence-electron chi connectivity index (χ0n) is 13.7. The molecular formula is C17H34ClNO. The van der Waals surface area contributed by atoms with Crippen LogP contribution in [-0.2, 0) is 4.79 Å². The lowest BCUT2D eigenvalue weighted by molar-refractivity contribution is -0.121. The van der Waals surface area contributed by atoms with E-state index < -0.39 is 0 Å². The molecule has 0 bridgehead atoms. The highest BCUT2D eigenvalue weighted by Gasteiger charge is 2.16. The monoisotopic (exact) mass is 303 g/mol. The molecular weight excluding hydrogens is 270 g/mol. The lowest BCUT2D eigenvalue weighted by Gasteiger charge is -2.19. The molecule has 2 nitrogen and oxygen atoms in total. The molecule has 0 saturated carbocycles. The third-order valence-electron chi connectivity index (χ3n) is 4.06. The molecule has 0 spiro atoms. The Morgan fingerprint density at radius 1 is 0.950 bits per heavy atom. The number of alkyl halides is 1. The van der Waals surface area contributed by atoms with Gasteiger partial charge in [-0.2, -0.15) is 0 Å². The second-order valence-corrected chi connectivity index (χ2v) is 6.33. The van der Waals surface area contributed by atoms with Gasteiger partial charge in [0.25, 0.3) is 0 Å². The molecule has 0 saturated heterocycles. The fourth-order valence-electron chi connectivity index (χ4n) is 2.51. The summed E-state index contributed by atoms with van der Waals surface area (Å²) in [5, 5.41) is 3.04. The van der Waals surface area contributed by atoms with E-state index in [2.05, 4.69) is 26.1 Å². The van der Waals surface area contributed by atoms with E-state index in [1.165, 1.54) is 38.5 Å². The van der Waals surface area contributed by atoms with Crippen molar-refractivity contribution in [3.05, 3.63) is 0 Å². The molecule has 1 unspecified atom stereocenters. The summed E-state index contributed by atoms with van der Waals surface area (Å²) in [7, 11) is 0. The zero-order valence-corrected chi connectivity index (χ0v) is 14.5. The summed E-state index contributed by atoms with van der Waals surface area (Å²) in [4.78, 5) is 11.7. The van der Waals surface area contributed by atoms with E-state index in [0.717, 1.165) is 19.3 Å². The van der Waals surface area contributed by atoms with E-state index in [4.69, 9.17) is 11.6 Å². The van der Waals surface area contributed by atoms with Crippen molar-refractivity contribution in [3.63, 3.8) is 0 Å². The summed E-state index contributed by atoms with van der Waals surface area (Å²) >= 11 is 6.31. The number of amides is 1. The molecule has 1 atom stereocenters. The molecule has 0 aromatic carbocycles. The molecule has 0 aliphatic rings. The van der Waals surface area contributed by atoms with Crippen molar-refractivity contribution in [2.75, 3.05) is 6.54 Å². The fraction of sp³-hybridized carbons (Fsp3) is 0.941. The normalized spacial score (nSPS) is 12.7. The number of carbonyl (C=O) groups is 1. The molecule has 0 aromatic rings. The molecule has 1 N–H and O–H groups in total. The lowest BCUT2D eigenvalue weighted by atomic mass is 9.99. The second-order valence-electron chi connectivity index (χ2n) is 5.77. The van der Waals surface area contributed by atoms with Gasteiger partial charge in [-0.05, 0) is 12.3 Å². The third kappa shape index (κ3) is 10.5. The topological polar surface area (TPSA) is 29.1 Å². The molecule has 0 aromatic heterocycles. The first-order chi connectivity index (χ1) is 9.65. The van der Waals surface area contributed by atoms with Crippen LogP contribution < -0.4 is 5.32 Å². The van der Waals surface area contributed by atoms with Crippen LogP contribution in [0.25, 0.3) is 0 Å². The minimum atomic E-state index is 0.0722. The number of carbonyl (C=O) groups excluding carboxylic acids is 1. The summed E-state index contributed by atoms with van der Waals surface area (Å²) in [6.45, 7) is 7.16. The molecule has 1 amide bonds. The summed E-state index contributed by atoms with van der Waals surface area (Å²) in [5.74, 6) is 0.672. The summed E-state index contributed by atoms with van der Waals surface area (Å²) in [5.41, 5.74) is 0. The van der Waals surface area contributed by atoms with Crippen LogP contribution in [0.15, 0.2) is 0 Å². The van der Waals surface area contributed by atoms with Crippen LogP contribution in [-0.4, -0.2) is 17.8 Å². The van der Waals surface area contributed by atoms with Crippen molar-refractivity contribution in [3.8, 4) is 0 Å². The maximum atomic E-state index is 11.7. The molecule has 0 heterocycles. The van der Waals surface area contributed by atoms with Gasteiger partial charge in [-0.3, -0.25) is 4.79 Å². The van der Waals surface area contributed by atoms with Crippen LogP contribution in [0, 0.1) is 5.92 Å².